The lowest BCUT2D eigenvalue weighted by atomic mass is 10.1. The van der Waals surface area contributed by atoms with Crippen LogP contribution in [0.25, 0.3) is 21.9 Å². The number of morpholine rings is 1. The molecule has 6 heteroatoms. The monoisotopic (exact) mass is 368 g/mol. The van der Waals surface area contributed by atoms with Gasteiger partial charge in [-0.15, -0.1) is 0 Å². The quantitative estimate of drug-likeness (QED) is 0.667. The van der Waals surface area contributed by atoms with Crippen LogP contribution in [-0.2, 0) is 16.5 Å². The Kier molecular flexibility index (Phi) is 4.52. The molecule has 0 amide bonds. The van der Waals surface area contributed by atoms with E-state index in [0.29, 0.717) is 12.2 Å². The Morgan fingerprint density at radius 3 is 2.63 bits per heavy atom. The first kappa shape index (κ1) is 17.8. The summed E-state index contributed by atoms with van der Waals surface area (Å²) in [5, 5.41) is 2.14. The van der Waals surface area contributed by atoms with E-state index in [1.165, 1.54) is 0 Å². The summed E-state index contributed by atoms with van der Waals surface area (Å²) in [6, 6.07) is 10.2. The Balaban J connectivity index is 1.95. The van der Waals surface area contributed by atoms with Gasteiger partial charge >= 0.3 is 5.97 Å². The Labute approximate surface area is 158 Å². The van der Waals surface area contributed by atoms with E-state index >= 15 is 0 Å². The smallest absolute Gasteiger partial charge is 0.344 e. The van der Waals surface area contributed by atoms with Crippen molar-refractivity contribution in [1.29, 1.82) is 0 Å². The van der Waals surface area contributed by atoms with E-state index in [2.05, 4.69) is 40.4 Å². The maximum absolute atomic E-state index is 12.8. The van der Waals surface area contributed by atoms with E-state index in [1.54, 1.807) is 0 Å². The zero-order chi connectivity index (χ0) is 19.1. The Hall–Kier alpha value is -2.60. The number of fused-ring (bicyclic) bond motifs is 3. The lowest BCUT2D eigenvalue weighted by Gasteiger charge is -2.33. The van der Waals surface area contributed by atoms with Crippen molar-refractivity contribution >= 4 is 33.7 Å². The molecule has 1 aromatic carbocycles. The van der Waals surface area contributed by atoms with Gasteiger partial charge in [0.25, 0.3) is 0 Å². The summed E-state index contributed by atoms with van der Waals surface area (Å²) < 4.78 is 13.4. The van der Waals surface area contributed by atoms with E-state index in [-0.39, 0.29) is 18.2 Å². The highest BCUT2D eigenvalue weighted by molar-refractivity contribution is 6.08. The largest absolute Gasteiger partial charge is 0.462 e. The van der Waals surface area contributed by atoms with Gasteiger partial charge in [0.2, 0.25) is 11.5 Å². The lowest BCUT2D eigenvalue weighted by molar-refractivity contribution is -0.336. The van der Waals surface area contributed by atoms with Crippen LogP contribution in [0, 0.1) is 0 Å². The van der Waals surface area contributed by atoms with Crippen molar-refractivity contribution in [1.82, 2.24) is 4.57 Å². The number of nitrogens with zero attached hydrogens (tertiary/aromatic N) is 2. The van der Waals surface area contributed by atoms with Crippen molar-refractivity contribution in [2.75, 3.05) is 24.6 Å². The Morgan fingerprint density at radius 1 is 1.22 bits per heavy atom. The molecule has 142 valence electrons. The molecule has 4 rings (SSSR count). The Morgan fingerprint density at radius 2 is 1.93 bits per heavy atom. The van der Waals surface area contributed by atoms with Gasteiger partial charge in [0.1, 0.15) is 11.1 Å². The summed E-state index contributed by atoms with van der Waals surface area (Å²) in [5.74, 6) is 0.499. The molecule has 0 unspecified atom stereocenters. The highest BCUT2D eigenvalue weighted by atomic mass is 16.5. The van der Waals surface area contributed by atoms with Crippen LogP contribution in [0.5, 0.6) is 0 Å². The predicted octanol–water partition coefficient (Wildman–Crippen LogP) is 2.94. The number of ether oxygens (including phenoxy) is 2. The topological polar surface area (TPSA) is 57.8 Å². The van der Waals surface area contributed by atoms with Crippen LogP contribution >= 0.6 is 0 Å². The number of aromatic amines is 1. The van der Waals surface area contributed by atoms with Crippen LogP contribution in [0.15, 0.2) is 30.3 Å². The number of hydrogen-bond acceptors (Lipinski definition) is 4. The second-order valence-electron chi connectivity index (χ2n) is 7.25. The third-order valence-electron chi connectivity index (χ3n) is 5.16. The fourth-order valence-electron chi connectivity index (χ4n) is 4.09. The average molecular weight is 368 g/mol. The molecular formula is C21H26N3O3+. The van der Waals surface area contributed by atoms with Crippen molar-refractivity contribution < 1.29 is 19.3 Å². The van der Waals surface area contributed by atoms with E-state index < -0.39 is 0 Å². The summed E-state index contributed by atoms with van der Waals surface area (Å²) in [6.07, 6.45) is 0.195. The minimum absolute atomic E-state index is 0.0976. The average Bonchev–Trinajstić information content (AvgIpc) is 2.92. The van der Waals surface area contributed by atoms with Crippen molar-refractivity contribution in [3.8, 4) is 0 Å². The van der Waals surface area contributed by atoms with Crippen LogP contribution in [0.1, 0.15) is 31.1 Å². The van der Waals surface area contributed by atoms with Crippen molar-refractivity contribution in [3.05, 3.63) is 35.9 Å². The molecule has 1 N–H and O–H groups in total. The van der Waals surface area contributed by atoms with Crippen LogP contribution in [0.2, 0.25) is 0 Å². The zero-order valence-corrected chi connectivity index (χ0v) is 16.3. The third-order valence-corrected chi connectivity index (χ3v) is 5.16. The molecule has 1 aliphatic heterocycles. The minimum atomic E-state index is -0.301. The number of anilines is 1. The molecule has 1 saturated heterocycles. The number of carbonyl (C=O) groups excluding carboxylic acids is 1. The number of hydrogen-bond donors (Lipinski definition) is 0. The van der Waals surface area contributed by atoms with Gasteiger partial charge in [-0.3, -0.25) is 9.47 Å². The standard InChI is InChI=1S/C21H25N3O3/c1-5-26-21(25)17-10-16-15-8-6-7-9-18(15)23(4)19(16)22-20(17)24-11-13(2)27-14(3)12-24/h6-10,13-14H,5,11-12H2,1-4H3/p+1/t13-,14-/m1/s1. The molecule has 3 heterocycles. The number of aryl methyl sites for hydroxylation is 1. The lowest BCUT2D eigenvalue weighted by Crippen LogP contribution is -2.48. The van der Waals surface area contributed by atoms with Gasteiger partial charge in [0.05, 0.1) is 44.3 Å². The SMILES string of the molecule is CCOC(=O)c1cc2c3ccccc3n(C)c2[nH+]c1N1C[C@@H](C)O[C@H](C)C1. The zero-order valence-electron chi connectivity index (χ0n) is 16.3. The van der Waals surface area contributed by atoms with Crippen LogP contribution in [0.3, 0.4) is 0 Å². The summed E-state index contributed by atoms with van der Waals surface area (Å²) in [4.78, 5) is 18.5. The van der Waals surface area contributed by atoms with Gasteiger partial charge in [-0.05, 0) is 32.9 Å². The molecule has 0 saturated carbocycles. The van der Waals surface area contributed by atoms with Crippen molar-refractivity contribution in [2.24, 2.45) is 7.05 Å². The number of benzene rings is 1. The molecule has 6 nitrogen and oxygen atoms in total. The molecule has 0 aliphatic carbocycles. The van der Waals surface area contributed by atoms with Gasteiger partial charge in [-0.1, -0.05) is 18.2 Å². The van der Waals surface area contributed by atoms with E-state index in [9.17, 15) is 4.79 Å². The summed E-state index contributed by atoms with van der Waals surface area (Å²) in [6.45, 7) is 7.74. The number of para-hydroxylation sites is 1. The predicted molar refractivity (Wildman–Crippen MR) is 105 cm³/mol. The molecule has 1 fully saturated rings. The molecule has 2 atom stereocenters. The Bertz CT molecular complexity index is 1000. The minimum Gasteiger partial charge on any atom is -0.462 e. The third kappa shape index (κ3) is 3.04. The van der Waals surface area contributed by atoms with Gasteiger partial charge < -0.3 is 9.47 Å². The van der Waals surface area contributed by atoms with Crippen LogP contribution in [0.4, 0.5) is 5.82 Å². The number of aromatic nitrogens is 2. The fourth-order valence-corrected chi connectivity index (χ4v) is 4.09. The number of pyridine rings is 1. The number of nitrogens with one attached hydrogen (secondary N) is 1. The first-order chi connectivity index (χ1) is 13.0. The summed E-state index contributed by atoms with van der Waals surface area (Å²) in [5.41, 5.74) is 2.69. The maximum Gasteiger partial charge on any atom is 0.344 e. The molecular weight excluding hydrogens is 342 g/mol. The van der Waals surface area contributed by atoms with Crippen molar-refractivity contribution in [2.45, 2.75) is 33.0 Å². The first-order valence-electron chi connectivity index (χ1n) is 9.50. The molecule has 2 aromatic heterocycles. The molecule has 27 heavy (non-hydrogen) atoms. The second-order valence-corrected chi connectivity index (χ2v) is 7.25. The maximum atomic E-state index is 12.8. The fraction of sp³-hybridized carbons (Fsp3) is 0.429. The summed E-state index contributed by atoms with van der Waals surface area (Å²) in [7, 11) is 2.04. The van der Waals surface area contributed by atoms with Crippen molar-refractivity contribution in [3.63, 3.8) is 0 Å². The van der Waals surface area contributed by atoms with Gasteiger partial charge in [-0.2, -0.15) is 0 Å². The number of esters is 1. The highest BCUT2D eigenvalue weighted by Gasteiger charge is 2.32. The number of carbonyl (C=O) groups is 1. The molecule has 1 aliphatic rings. The van der Waals surface area contributed by atoms with Crippen LogP contribution < -0.4 is 9.88 Å². The van der Waals surface area contributed by atoms with Gasteiger partial charge in [0.15, 0.2) is 0 Å². The molecule has 3 aromatic rings. The van der Waals surface area contributed by atoms with E-state index in [1.807, 2.05) is 32.2 Å². The number of rotatable bonds is 3. The second kappa shape index (κ2) is 6.85. The van der Waals surface area contributed by atoms with Gasteiger partial charge in [-0.25, -0.2) is 9.78 Å². The first-order valence-corrected chi connectivity index (χ1v) is 9.50. The molecule has 0 radical (unpaired) electrons. The number of H-pyrrole nitrogens is 1. The van der Waals surface area contributed by atoms with E-state index in [4.69, 9.17) is 9.47 Å². The normalized spacial score (nSPS) is 20.4. The highest BCUT2D eigenvalue weighted by Crippen LogP contribution is 2.30. The molecule has 0 spiro atoms. The van der Waals surface area contributed by atoms with E-state index in [0.717, 1.165) is 40.8 Å². The summed E-state index contributed by atoms with van der Waals surface area (Å²) >= 11 is 0. The molecule has 0 bridgehead atoms. The van der Waals surface area contributed by atoms with Crippen LogP contribution in [-0.4, -0.2) is 42.4 Å². The van der Waals surface area contributed by atoms with Gasteiger partial charge in [0, 0.05) is 5.39 Å².